The summed E-state index contributed by atoms with van der Waals surface area (Å²) in [7, 11) is 1.59. The first-order valence-electron chi connectivity index (χ1n) is 10.3. The highest BCUT2D eigenvalue weighted by molar-refractivity contribution is 6.31. The van der Waals surface area contributed by atoms with Crippen LogP contribution in [-0.4, -0.2) is 54.9 Å². The number of hydrogen-bond acceptors (Lipinski definition) is 5. The van der Waals surface area contributed by atoms with Crippen molar-refractivity contribution in [2.24, 2.45) is 0 Å². The van der Waals surface area contributed by atoms with E-state index in [4.69, 9.17) is 16.3 Å². The molecule has 0 aromatic heterocycles. The largest absolute Gasteiger partial charge is 0.497 e. The fraction of sp³-hybridized carbons (Fsp3) is 0.348. The Morgan fingerprint density at radius 2 is 1.78 bits per heavy atom. The van der Waals surface area contributed by atoms with Gasteiger partial charge in [-0.15, -0.1) is 12.4 Å². The van der Waals surface area contributed by atoms with Gasteiger partial charge < -0.3 is 15.0 Å². The summed E-state index contributed by atoms with van der Waals surface area (Å²) in [6.45, 7) is 1.19. The molecule has 0 bridgehead atoms. The van der Waals surface area contributed by atoms with Crippen molar-refractivity contribution in [1.82, 2.24) is 10.2 Å². The zero-order chi connectivity index (χ0) is 22.0. The number of ether oxygens (including phenoxy) is 1. The number of benzene rings is 2. The molecule has 2 fully saturated rings. The van der Waals surface area contributed by atoms with Gasteiger partial charge in [0, 0.05) is 29.7 Å². The topological polar surface area (TPSA) is 79.0 Å². The minimum Gasteiger partial charge on any atom is -0.497 e. The first kappa shape index (κ1) is 24.0. The third kappa shape index (κ3) is 5.06. The van der Waals surface area contributed by atoms with Gasteiger partial charge in [0.25, 0.3) is 11.8 Å². The van der Waals surface area contributed by atoms with E-state index < -0.39 is 6.04 Å². The number of amides is 3. The van der Waals surface area contributed by atoms with Gasteiger partial charge in [0.05, 0.1) is 25.3 Å². The third-order valence-corrected chi connectivity index (χ3v) is 6.00. The molecule has 0 spiro atoms. The average molecular weight is 478 g/mol. The second-order valence-electron chi connectivity index (χ2n) is 7.77. The van der Waals surface area contributed by atoms with E-state index in [-0.39, 0.29) is 42.6 Å². The molecule has 2 aromatic rings. The Labute approximate surface area is 198 Å². The second-order valence-corrected chi connectivity index (χ2v) is 8.20. The van der Waals surface area contributed by atoms with E-state index in [1.807, 2.05) is 4.90 Å². The summed E-state index contributed by atoms with van der Waals surface area (Å²) in [4.78, 5) is 41.0. The quantitative estimate of drug-likeness (QED) is 0.668. The maximum Gasteiger partial charge on any atom is 0.253 e. The molecule has 32 heavy (non-hydrogen) atoms. The number of anilines is 1. The molecule has 2 saturated heterocycles. The number of hydrogen-bond donors (Lipinski definition) is 1. The lowest BCUT2D eigenvalue weighted by Crippen LogP contribution is -2.49. The average Bonchev–Trinajstić information content (AvgIpc) is 3.06. The first-order valence-corrected chi connectivity index (χ1v) is 10.7. The number of nitrogens with zero attached hydrogens (tertiary/aromatic N) is 2. The molecule has 0 aliphatic carbocycles. The Kier molecular flexibility index (Phi) is 7.77. The summed E-state index contributed by atoms with van der Waals surface area (Å²) in [6.07, 6.45) is 1.56. The molecule has 2 aliphatic heterocycles. The second kappa shape index (κ2) is 10.3. The molecule has 1 atom stereocenters. The molecule has 0 saturated carbocycles. The van der Waals surface area contributed by atoms with Gasteiger partial charge in [-0.05, 0) is 55.3 Å². The highest BCUT2D eigenvalue weighted by Crippen LogP contribution is 2.26. The van der Waals surface area contributed by atoms with Crippen molar-refractivity contribution < 1.29 is 19.1 Å². The molecule has 9 heteroatoms. The van der Waals surface area contributed by atoms with Gasteiger partial charge in [-0.25, -0.2) is 4.90 Å². The summed E-state index contributed by atoms with van der Waals surface area (Å²) in [5, 5.41) is 3.80. The maximum atomic E-state index is 12.8. The number of rotatable bonds is 5. The number of likely N-dealkylation sites (tertiary alicyclic amines) is 1. The van der Waals surface area contributed by atoms with E-state index in [0.717, 1.165) is 12.8 Å². The van der Waals surface area contributed by atoms with Gasteiger partial charge in [-0.1, -0.05) is 17.7 Å². The summed E-state index contributed by atoms with van der Waals surface area (Å²) >= 11 is 6.01. The highest BCUT2D eigenvalue weighted by atomic mass is 35.5. The van der Waals surface area contributed by atoms with Crippen molar-refractivity contribution in [3.8, 4) is 5.75 Å². The van der Waals surface area contributed by atoms with Crippen molar-refractivity contribution in [1.29, 1.82) is 0 Å². The number of carbonyl (C=O) groups is 3. The van der Waals surface area contributed by atoms with Gasteiger partial charge in [0.2, 0.25) is 5.91 Å². The fourth-order valence-electron chi connectivity index (χ4n) is 4.10. The summed E-state index contributed by atoms with van der Waals surface area (Å²) in [5.41, 5.74) is 1.12. The van der Waals surface area contributed by atoms with Crippen molar-refractivity contribution in [2.45, 2.75) is 31.3 Å². The van der Waals surface area contributed by atoms with Crippen LogP contribution in [0.2, 0.25) is 5.02 Å². The minimum atomic E-state index is -0.555. The van der Waals surface area contributed by atoms with Crippen molar-refractivity contribution in [3.63, 3.8) is 0 Å². The molecule has 2 aliphatic rings. The molecule has 0 radical (unpaired) electrons. The lowest BCUT2D eigenvalue weighted by molar-refractivity contribution is -0.121. The zero-order valence-corrected chi connectivity index (χ0v) is 19.2. The van der Waals surface area contributed by atoms with E-state index in [0.29, 0.717) is 35.1 Å². The number of halogens is 2. The molecule has 1 unspecified atom stereocenters. The van der Waals surface area contributed by atoms with Gasteiger partial charge in [-0.3, -0.25) is 14.4 Å². The van der Waals surface area contributed by atoms with Crippen LogP contribution in [0.3, 0.4) is 0 Å². The van der Waals surface area contributed by atoms with E-state index in [9.17, 15) is 14.4 Å². The third-order valence-electron chi connectivity index (χ3n) is 5.77. The SMILES string of the molecule is COc1ccc(C(=O)N2CCC(NC3CC(=O)N(c4cccc(Cl)c4)C3=O)CC2)cc1.Cl. The molecule has 2 heterocycles. The van der Waals surface area contributed by atoms with Crippen LogP contribution in [0.15, 0.2) is 48.5 Å². The molecular weight excluding hydrogens is 453 g/mol. The standard InChI is InChI=1S/C23H24ClN3O4.ClH/c1-31-19-7-5-15(6-8-19)22(29)26-11-9-17(10-12-26)25-20-14-21(28)27(23(20)30)18-4-2-3-16(24)13-18;/h2-8,13,17,20,25H,9-12,14H2,1H3;1H. The smallest absolute Gasteiger partial charge is 0.253 e. The Balaban J connectivity index is 0.00000289. The molecular formula is C23H25Cl2N3O4. The van der Waals surface area contributed by atoms with Gasteiger partial charge >= 0.3 is 0 Å². The van der Waals surface area contributed by atoms with Gasteiger partial charge in [-0.2, -0.15) is 0 Å². The first-order chi connectivity index (χ1) is 15.0. The fourth-order valence-corrected chi connectivity index (χ4v) is 4.28. The van der Waals surface area contributed by atoms with Crippen molar-refractivity contribution in [3.05, 3.63) is 59.1 Å². The molecule has 3 amide bonds. The van der Waals surface area contributed by atoms with E-state index in [1.54, 1.807) is 55.6 Å². The normalized spacial score (nSPS) is 19.1. The van der Waals surface area contributed by atoms with Crippen LogP contribution in [0.5, 0.6) is 5.75 Å². The van der Waals surface area contributed by atoms with E-state index in [2.05, 4.69) is 5.32 Å². The van der Waals surface area contributed by atoms with Crippen molar-refractivity contribution in [2.75, 3.05) is 25.1 Å². The number of carbonyl (C=O) groups excluding carboxylic acids is 3. The molecule has 1 N–H and O–H groups in total. The van der Waals surface area contributed by atoms with Crippen LogP contribution in [0, 0.1) is 0 Å². The lowest BCUT2D eigenvalue weighted by Gasteiger charge is -2.33. The van der Waals surface area contributed by atoms with E-state index >= 15 is 0 Å². The van der Waals surface area contributed by atoms with Crippen molar-refractivity contribution >= 4 is 47.4 Å². The number of piperidine rings is 1. The Hall–Kier alpha value is -2.61. The van der Waals surface area contributed by atoms with Crippen LogP contribution in [-0.2, 0) is 9.59 Å². The zero-order valence-electron chi connectivity index (χ0n) is 17.6. The van der Waals surface area contributed by atoms with Crippen LogP contribution in [0.1, 0.15) is 29.6 Å². The summed E-state index contributed by atoms with van der Waals surface area (Å²) in [6, 6.07) is 13.3. The van der Waals surface area contributed by atoms with E-state index in [1.165, 1.54) is 4.90 Å². The van der Waals surface area contributed by atoms with Crippen LogP contribution in [0.25, 0.3) is 0 Å². The predicted octanol–water partition coefficient (Wildman–Crippen LogP) is 3.30. The van der Waals surface area contributed by atoms with Crippen LogP contribution < -0.4 is 15.0 Å². The Bertz CT molecular complexity index is 991. The number of methoxy groups -OCH3 is 1. The molecule has 2 aromatic carbocycles. The molecule has 170 valence electrons. The number of imide groups is 1. The summed E-state index contributed by atoms with van der Waals surface area (Å²) in [5.74, 6) is 0.198. The van der Waals surface area contributed by atoms with Crippen LogP contribution in [0.4, 0.5) is 5.69 Å². The monoisotopic (exact) mass is 477 g/mol. The lowest BCUT2D eigenvalue weighted by atomic mass is 10.0. The highest BCUT2D eigenvalue weighted by Gasteiger charge is 2.40. The van der Waals surface area contributed by atoms with Gasteiger partial charge in [0.15, 0.2) is 0 Å². The Morgan fingerprint density at radius 3 is 2.41 bits per heavy atom. The Morgan fingerprint density at radius 1 is 1.09 bits per heavy atom. The maximum absolute atomic E-state index is 12.8. The van der Waals surface area contributed by atoms with Crippen LogP contribution >= 0.6 is 24.0 Å². The predicted molar refractivity (Wildman–Crippen MR) is 125 cm³/mol. The minimum absolute atomic E-state index is 0. The molecule has 7 nitrogen and oxygen atoms in total. The molecule has 4 rings (SSSR count). The number of nitrogens with one attached hydrogen (secondary N) is 1. The van der Waals surface area contributed by atoms with Gasteiger partial charge in [0.1, 0.15) is 5.75 Å². The summed E-state index contributed by atoms with van der Waals surface area (Å²) < 4.78 is 5.13.